The summed E-state index contributed by atoms with van der Waals surface area (Å²) in [6.45, 7) is 8.42. The summed E-state index contributed by atoms with van der Waals surface area (Å²) in [5.41, 5.74) is 3.68. The van der Waals surface area contributed by atoms with E-state index in [1.165, 1.54) is 39.9 Å². The third kappa shape index (κ3) is 4.17. The zero-order valence-electron chi connectivity index (χ0n) is 18.8. The van der Waals surface area contributed by atoms with E-state index in [0.29, 0.717) is 23.5 Å². The fraction of sp³-hybridized carbons (Fsp3) is 0.391. The van der Waals surface area contributed by atoms with E-state index in [9.17, 15) is 13.2 Å². The van der Waals surface area contributed by atoms with Crippen LogP contribution in [0.15, 0.2) is 46.3 Å². The van der Waals surface area contributed by atoms with Gasteiger partial charge in [0.1, 0.15) is 0 Å². The number of aromatic nitrogens is 1. The SMILES string of the molecule is Cc1ccc(C)c2c1sc(=NC(=O)c1ccc(S(=O)(=O)N3CC(C)OC(C)C3)cc1)n2C. The maximum atomic E-state index is 13.0. The predicted octanol–water partition coefficient (Wildman–Crippen LogP) is 3.40. The van der Waals surface area contributed by atoms with Crippen LogP contribution in [0.2, 0.25) is 0 Å². The minimum atomic E-state index is -3.65. The number of rotatable bonds is 3. The zero-order chi connectivity index (χ0) is 23.2. The van der Waals surface area contributed by atoms with Crippen LogP contribution in [0.1, 0.15) is 35.3 Å². The number of hydrogen-bond acceptors (Lipinski definition) is 5. The number of fused-ring (bicyclic) bond motifs is 1. The van der Waals surface area contributed by atoms with E-state index in [2.05, 4.69) is 17.1 Å². The summed E-state index contributed by atoms with van der Waals surface area (Å²) in [7, 11) is -1.75. The molecular formula is C23H27N3O4S2. The summed E-state index contributed by atoms with van der Waals surface area (Å²) in [6, 6.07) is 10.1. The van der Waals surface area contributed by atoms with Gasteiger partial charge in [0.05, 0.1) is 27.3 Å². The molecule has 2 aromatic carbocycles. The van der Waals surface area contributed by atoms with Gasteiger partial charge < -0.3 is 9.30 Å². The van der Waals surface area contributed by atoms with Crippen LogP contribution >= 0.6 is 11.3 Å². The molecule has 2 unspecified atom stereocenters. The van der Waals surface area contributed by atoms with E-state index < -0.39 is 15.9 Å². The molecule has 1 amide bonds. The first-order chi connectivity index (χ1) is 15.1. The molecular weight excluding hydrogens is 446 g/mol. The number of nitrogens with zero attached hydrogens (tertiary/aromatic N) is 3. The highest BCUT2D eigenvalue weighted by atomic mass is 32.2. The Morgan fingerprint density at radius 2 is 1.62 bits per heavy atom. The van der Waals surface area contributed by atoms with Gasteiger partial charge in [-0.3, -0.25) is 4.79 Å². The zero-order valence-corrected chi connectivity index (χ0v) is 20.5. The first kappa shape index (κ1) is 22.8. The maximum absolute atomic E-state index is 13.0. The summed E-state index contributed by atoms with van der Waals surface area (Å²) in [5, 5.41) is 0. The molecule has 32 heavy (non-hydrogen) atoms. The minimum absolute atomic E-state index is 0.161. The van der Waals surface area contributed by atoms with Crippen molar-refractivity contribution in [2.45, 2.75) is 44.8 Å². The number of sulfonamides is 1. The topological polar surface area (TPSA) is 81.0 Å². The second-order valence-electron chi connectivity index (χ2n) is 8.34. The van der Waals surface area contributed by atoms with Gasteiger partial charge in [-0.05, 0) is 63.1 Å². The highest BCUT2D eigenvalue weighted by molar-refractivity contribution is 7.89. The summed E-state index contributed by atoms with van der Waals surface area (Å²) in [5.74, 6) is -0.403. The van der Waals surface area contributed by atoms with E-state index >= 15 is 0 Å². The molecule has 2 atom stereocenters. The van der Waals surface area contributed by atoms with Gasteiger partial charge in [-0.2, -0.15) is 9.30 Å². The highest BCUT2D eigenvalue weighted by Crippen LogP contribution is 2.24. The second kappa shape index (κ2) is 8.55. The predicted molar refractivity (Wildman–Crippen MR) is 125 cm³/mol. The Hall–Kier alpha value is -2.33. The second-order valence-corrected chi connectivity index (χ2v) is 11.3. The number of ether oxygens (including phenoxy) is 1. The molecule has 0 bridgehead atoms. The molecule has 9 heteroatoms. The lowest BCUT2D eigenvalue weighted by Crippen LogP contribution is -2.48. The lowest BCUT2D eigenvalue weighted by Gasteiger charge is -2.34. The van der Waals surface area contributed by atoms with Crippen molar-refractivity contribution in [2.24, 2.45) is 12.0 Å². The number of carbonyl (C=O) groups is 1. The van der Waals surface area contributed by atoms with Gasteiger partial charge in [-0.1, -0.05) is 23.5 Å². The van der Waals surface area contributed by atoms with E-state index in [1.807, 2.05) is 39.3 Å². The molecule has 1 aliphatic heterocycles. The van der Waals surface area contributed by atoms with Crippen molar-refractivity contribution in [1.82, 2.24) is 8.87 Å². The van der Waals surface area contributed by atoms with Crippen LogP contribution in [0, 0.1) is 13.8 Å². The van der Waals surface area contributed by atoms with Crippen LogP contribution in [0.3, 0.4) is 0 Å². The first-order valence-electron chi connectivity index (χ1n) is 10.5. The number of morpholine rings is 1. The maximum Gasteiger partial charge on any atom is 0.279 e. The van der Waals surface area contributed by atoms with Crippen LogP contribution in [0.25, 0.3) is 10.2 Å². The molecule has 7 nitrogen and oxygen atoms in total. The molecule has 1 aliphatic rings. The van der Waals surface area contributed by atoms with Gasteiger partial charge in [0.25, 0.3) is 5.91 Å². The normalized spacial score (nSPS) is 20.7. The van der Waals surface area contributed by atoms with E-state index in [-0.39, 0.29) is 17.1 Å². The number of hydrogen-bond donors (Lipinski definition) is 0. The molecule has 1 aromatic heterocycles. The molecule has 0 radical (unpaired) electrons. The average molecular weight is 474 g/mol. The third-order valence-corrected chi connectivity index (χ3v) is 8.78. The number of benzene rings is 2. The van der Waals surface area contributed by atoms with Crippen molar-refractivity contribution in [2.75, 3.05) is 13.1 Å². The van der Waals surface area contributed by atoms with Crippen LogP contribution in [-0.2, 0) is 21.8 Å². The van der Waals surface area contributed by atoms with Crippen LogP contribution in [0.5, 0.6) is 0 Å². The molecule has 4 rings (SSSR count). The Morgan fingerprint density at radius 3 is 2.22 bits per heavy atom. The fourth-order valence-corrected chi connectivity index (χ4v) is 6.82. The molecule has 3 aromatic rings. The molecule has 0 aliphatic carbocycles. The quantitative estimate of drug-likeness (QED) is 0.584. The van der Waals surface area contributed by atoms with Crippen molar-refractivity contribution < 1.29 is 17.9 Å². The molecule has 1 fully saturated rings. The summed E-state index contributed by atoms with van der Waals surface area (Å²) >= 11 is 1.48. The number of thiazole rings is 1. The lowest BCUT2D eigenvalue weighted by molar-refractivity contribution is -0.0440. The van der Waals surface area contributed by atoms with E-state index in [4.69, 9.17) is 4.74 Å². The van der Waals surface area contributed by atoms with Gasteiger partial charge >= 0.3 is 0 Å². The Kier molecular flexibility index (Phi) is 6.10. The van der Waals surface area contributed by atoms with Gasteiger partial charge in [-0.25, -0.2) is 8.42 Å². The Morgan fingerprint density at radius 1 is 1.03 bits per heavy atom. The summed E-state index contributed by atoms with van der Waals surface area (Å²) in [6.07, 6.45) is -0.329. The van der Waals surface area contributed by atoms with Crippen molar-refractivity contribution in [3.8, 4) is 0 Å². The van der Waals surface area contributed by atoms with E-state index in [1.54, 1.807) is 0 Å². The third-order valence-electron chi connectivity index (χ3n) is 5.67. The minimum Gasteiger partial charge on any atom is -0.373 e. The summed E-state index contributed by atoms with van der Waals surface area (Å²) in [4.78, 5) is 17.9. The van der Waals surface area contributed by atoms with Crippen molar-refractivity contribution >= 4 is 37.5 Å². The standard InChI is InChI=1S/C23H27N3O4S2/c1-14-6-7-15(2)21-20(14)25(5)23(31-21)24-22(27)18-8-10-19(11-9-18)32(28,29)26-12-16(3)30-17(4)13-26/h6-11,16-17H,12-13H2,1-5H3. The molecule has 0 N–H and O–H groups in total. The van der Waals surface area contributed by atoms with Crippen LogP contribution < -0.4 is 4.80 Å². The molecule has 2 heterocycles. The Labute approximate surface area is 192 Å². The number of carbonyl (C=O) groups excluding carboxylic acids is 1. The largest absolute Gasteiger partial charge is 0.373 e. The number of amides is 1. The highest BCUT2D eigenvalue weighted by Gasteiger charge is 2.32. The van der Waals surface area contributed by atoms with Crippen LogP contribution in [0.4, 0.5) is 0 Å². The Balaban J connectivity index is 1.63. The van der Waals surface area contributed by atoms with Gasteiger partial charge in [0.2, 0.25) is 10.0 Å². The lowest BCUT2D eigenvalue weighted by atomic mass is 10.1. The van der Waals surface area contributed by atoms with Crippen molar-refractivity contribution in [3.05, 3.63) is 57.9 Å². The Bertz CT molecular complexity index is 1340. The summed E-state index contributed by atoms with van der Waals surface area (Å²) < 4.78 is 36.1. The number of aryl methyl sites for hydroxylation is 3. The van der Waals surface area contributed by atoms with Crippen LogP contribution in [-0.4, -0.2) is 48.5 Å². The van der Waals surface area contributed by atoms with Gasteiger partial charge in [-0.15, -0.1) is 0 Å². The van der Waals surface area contributed by atoms with Crippen molar-refractivity contribution in [3.63, 3.8) is 0 Å². The first-order valence-corrected chi connectivity index (χ1v) is 12.7. The smallest absolute Gasteiger partial charge is 0.279 e. The van der Waals surface area contributed by atoms with Gasteiger partial charge in [0.15, 0.2) is 4.80 Å². The monoisotopic (exact) mass is 473 g/mol. The molecule has 170 valence electrons. The average Bonchev–Trinajstić information content (AvgIpc) is 3.07. The van der Waals surface area contributed by atoms with Crippen molar-refractivity contribution in [1.29, 1.82) is 0 Å². The molecule has 1 saturated heterocycles. The van der Waals surface area contributed by atoms with E-state index in [0.717, 1.165) is 21.3 Å². The fourth-order valence-electron chi connectivity index (χ4n) is 4.07. The molecule has 0 spiro atoms. The molecule has 0 saturated carbocycles. The van der Waals surface area contributed by atoms with Gasteiger partial charge in [0, 0.05) is 25.7 Å².